The molecular formula is C9H15FN2O. The zero-order chi connectivity index (χ0) is 9.68. The number of carbonyl (C=O) groups is 1. The van der Waals surface area contributed by atoms with Crippen molar-refractivity contribution < 1.29 is 9.18 Å². The van der Waals surface area contributed by atoms with E-state index in [1.807, 2.05) is 13.0 Å². The largest absolute Gasteiger partial charge is 0.336 e. The molecule has 0 heterocycles. The molecule has 0 saturated carbocycles. The molecule has 0 aromatic carbocycles. The van der Waals surface area contributed by atoms with Gasteiger partial charge >= 0.3 is 6.03 Å². The van der Waals surface area contributed by atoms with E-state index < -0.39 is 6.67 Å². The van der Waals surface area contributed by atoms with Crippen LogP contribution in [0.1, 0.15) is 19.8 Å². The van der Waals surface area contributed by atoms with Crippen molar-refractivity contribution in [3.63, 3.8) is 0 Å². The number of hydrogen-bond donors (Lipinski definition) is 2. The molecule has 0 aliphatic heterocycles. The summed E-state index contributed by atoms with van der Waals surface area (Å²) in [6.45, 7) is 1.61. The first-order chi connectivity index (χ1) is 6.22. The lowest BCUT2D eigenvalue weighted by molar-refractivity contribution is 0.237. The first kappa shape index (κ1) is 10.0. The second-order valence-electron chi connectivity index (χ2n) is 3.25. The minimum absolute atomic E-state index is 0.0846. The van der Waals surface area contributed by atoms with Gasteiger partial charge in [-0.2, -0.15) is 0 Å². The van der Waals surface area contributed by atoms with Crippen molar-refractivity contribution in [1.29, 1.82) is 0 Å². The number of hydrogen-bond acceptors (Lipinski definition) is 1. The maximum Gasteiger partial charge on any atom is 0.315 e. The van der Waals surface area contributed by atoms with Crippen molar-refractivity contribution in [1.82, 2.24) is 10.6 Å². The molecule has 3 nitrogen and oxygen atoms in total. The van der Waals surface area contributed by atoms with E-state index in [-0.39, 0.29) is 18.6 Å². The molecule has 1 aliphatic carbocycles. The molecule has 74 valence electrons. The predicted octanol–water partition coefficient (Wildman–Crippen LogP) is 1.36. The first-order valence-corrected chi connectivity index (χ1v) is 4.50. The van der Waals surface area contributed by atoms with Gasteiger partial charge in [-0.3, -0.25) is 0 Å². The van der Waals surface area contributed by atoms with Crippen molar-refractivity contribution >= 4 is 6.03 Å². The SMILES string of the molecule is CC1=CC(NC(=O)NCCF)CC1. The molecule has 1 aliphatic rings. The van der Waals surface area contributed by atoms with Gasteiger partial charge in [0.25, 0.3) is 0 Å². The fourth-order valence-electron chi connectivity index (χ4n) is 1.39. The Labute approximate surface area is 77.4 Å². The third-order valence-corrected chi connectivity index (χ3v) is 2.03. The van der Waals surface area contributed by atoms with Crippen LogP contribution in [0.4, 0.5) is 9.18 Å². The highest BCUT2D eigenvalue weighted by atomic mass is 19.1. The number of alkyl halides is 1. The topological polar surface area (TPSA) is 41.1 Å². The number of allylic oxidation sites excluding steroid dienone is 1. The Hall–Kier alpha value is -1.06. The van der Waals surface area contributed by atoms with Crippen LogP contribution >= 0.6 is 0 Å². The normalized spacial score (nSPS) is 21.1. The van der Waals surface area contributed by atoms with Gasteiger partial charge in [0.2, 0.25) is 0 Å². The second-order valence-corrected chi connectivity index (χ2v) is 3.25. The number of halogens is 1. The van der Waals surface area contributed by atoms with Gasteiger partial charge in [-0.1, -0.05) is 11.6 Å². The maximum atomic E-state index is 11.7. The maximum absolute atomic E-state index is 11.7. The van der Waals surface area contributed by atoms with Gasteiger partial charge in [-0.25, -0.2) is 9.18 Å². The summed E-state index contributed by atoms with van der Waals surface area (Å²) in [4.78, 5) is 11.0. The van der Waals surface area contributed by atoms with Crippen LogP contribution in [0.2, 0.25) is 0 Å². The lowest BCUT2D eigenvalue weighted by Crippen LogP contribution is -2.41. The van der Waals surface area contributed by atoms with E-state index in [1.165, 1.54) is 5.57 Å². The van der Waals surface area contributed by atoms with Gasteiger partial charge in [0, 0.05) is 12.6 Å². The molecule has 0 aromatic rings. The fraction of sp³-hybridized carbons (Fsp3) is 0.667. The molecule has 0 fully saturated rings. The number of rotatable bonds is 3. The fourth-order valence-corrected chi connectivity index (χ4v) is 1.39. The summed E-state index contributed by atoms with van der Waals surface area (Å²) in [5.41, 5.74) is 1.30. The van der Waals surface area contributed by atoms with Gasteiger partial charge in [-0.05, 0) is 19.8 Å². The molecule has 1 atom stereocenters. The van der Waals surface area contributed by atoms with E-state index >= 15 is 0 Å². The predicted molar refractivity (Wildman–Crippen MR) is 49.3 cm³/mol. The van der Waals surface area contributed by atoms with Gasteiger partial charge < -0.3 is 10.6 Å². The molecule has 2 N–H and O–H groups in total. The average molecular weight is 186 g/mol. The van der Waals surface area contributed by atoms with Gasteiger partial charge in [0.1, 0.15) is 6.67 Å². The quantitative estimate of drug-likeness (QED) is 0.642. The Morgan fingerprint density at radius 2 is 2.54 bits per heavy atom. The smallest absolute Gasteiger partial charge is 0.315 e. The molecule has 0 aromatic heterocycles. The summed E-state index contributed by atoms with van der Waals surface area (Å²) in [5.74, 6) is 0. The molecule has 0 radical (unpaired) electrons. The van der Waals surface area contributed by atoms with Crippen LogP contribution in [0, 0.1) is 0 Å². The van der Waals surface area contributed by atoms with Crippen LogP contribution in [-0.2, 0) is 0 Å². The molecule has 2 amide bonds. The Morgan fingerprint density at radius 1 is 1.77 bits per heavy atom. The van der Waals surface area contributed by atoms with Crippen LogP contribution < -0.4 is 10.6 Å². The lowest BCUT2D eigenvalue weighted by atomic mass is 10.2. The number of nitrogens with one attached hydrogen (secondary N) is 2. The summed E-state index contributed by atoms with van der Waals surface area (Å²) in [5, 5.41) is 5.17. The van der Waals surface area contributed by atoms with E-state index in [4.69, 9.17) is 0 Å². The van der Waals surface area contributed by atoms with Crippen LogP contribution in [0.5, 0.6) is 0 Å². The average Bonchev–Trinajstić information content (AvgIpc) is 2.48. The van der Waals surface area contributed by atoms with Gasteiger partial charge in [0.15, 0.2) is 0 Å². The van der Waals surface area contributed by atoms with Crippen LogP contribution in [0.3, 0.4) is 0 Å². The molecule has 0 spiro atoms. The Balaban J connectivity index is 2.21. The van der Waals surface area contributed by atoms with E-state index in [0.717, 1.165) is 12.8 Å². The molecular weight excluding hydrogens is 171 g/mol. The minimum Gasteiger partial charge on any atom is -0.336 e. The number of amides is 2. The third-order valence-electron chi connectivity index (χ3n) is 2.03. The van der Waals surface area contributed by atoms with Crippen LogP contribution in [0.25, 0.3) is 0 Å². The molecule has 4 heteroatoms. The van der Waals surface area contributed by atoms with Crippen LogP contribution in [-0.4, -0.2) is 25.3 Å². The van der Waals surface area contributed by atoms with E-state index in [0.29, 0.717) is 0 Å². The van der Waals surface area contributed by atoms with E-state index in [9.17, 15) is 9.18 Å². The number of carbonyl (C=O) groups excluding carboxylic acids is 1. The molecule has 0 saturated heterocycles. The zero-order valence-electron chi connectivity index (χ0n) is 7.77. The first-order valence-electron chi connectivity index (χ1n) is 4.50. The van der Waals surface area contributed by atoms with Gasteiger partial charge in [-0.15, -0.1) is 0 Å². The second kappa shape index (κ2) is 4.84. The van der Waals surface area contributed by atoms with Crippen molar-refractivity contribution in [2.24, 2.45) is 0 Å². The summed E-state index contributed by atoms with van der Waals surface area (Å²) >= 11 is 0. The summed E-state index contributed by atoms with van der Waals surface area (Å²) in [7, 11) is 0. The number of urea groups is 1. The Bertz CT molecular complexity index is 216. The molecule has 1 rings (SSSR count). The minimum atomic E-state index is -0.521. The van der Waals surface area contributed by atoms with Crippen LogP contribution in [0.15, 0.2) is 11.6 Å². The zero-order valence-corrected chi connectivity index (χ0v) is 7.77. The third kappa shape index (κ3) is 3.44. The standard InChI is InChI=1S/C9H15FN2O/c1-7-2-3-8(6-7)12-9(13)11-5-4-10/h6,8H,2-5H2,1H3,(H2,11,12,13). The summed E-state index contributed by atoms with van der Waals surface area (Å²) in [6.07, 6.45) is 4.03. The molecule has 0 bridgehead atoms. The summed E-state index contributed by atoms with van der Waals surface area (Å²) in [6, 6.07) is -0.159. The van der Waals surface area contributed by atoms with Crippen molar-refractivity contribution in [2.45, 2.75) is 25.8 Å². The van der Waals surface area contributed by atoms with E-state index in [1.54, 1.807) is 0 Å². The molecule has 1 unspecified atom stereocenters. The van der Waals surface area contributed by atoms with E-state index in [2.05, 4.69) is 10.6 Å². The highest BCUT2D eigenvalue weighted by molar-refractivity contribution is 5.74. The Morgan fingerprint density at radius 3 is 3.08 bits per heavy atom. The van der Waals surface area contributed by atoms with Gasteiger partial charge in [0.05, 0.1) is 0 Å². The summed E-state index contributed by atoms with van der Waals surface area (Å²) < 4.78 is 11.7. The molecule has 13 heavy (non-hydrogen) atoms. The Kier molecular flexibility index (Phi) is 3.73. The van der Waals surface area contributed by atoms with Crippen molar-refractivity contribution in [3.05, 3.63) is 11.6 Å². The van der Waals surface area contributed by atoms with Crippen molar-refractivity contribution in [2.75, 3.05) is 13.2 Å². The highest BCUT2D eigenvalue weighted by Crippen LogP contribution is 2.16. The van der Waals surface area contributed by atoms with Crippen molar-refractivity contribution in [3.8, 4) is 0 Å². The highest BCUT2D eigenvalue weighted by Gasteiger charge is 2.14. The lowest BCUT2D eigenvalue weighted by Gasteiger charge is -2.10. The monoisotopic (exact) mass is 186 g/mol.